The molecule has 1 heterocycles. The highest BCUT2D eigenvalue weighted by Crippen LogP contribution is 2.27. The molecule has 1 aromatic carbocycles. The van der Waals surface area contributed by atoms with E-state index in [0.29, 0.717) is 0 Å². The van der Waals surface area contributed by atoms with E-state index in [1.807, 2.05) is 6.07 Å². The molecule has 0 aliphatic heterocycles. The van der Waals surface area contributed by atoms with Crippen LogP contribution in [-0.4, -0.2) is 6.54 Å². The molecular weight excluding hydrogens is 210 g/mol. The maximum atomic E-state index is 5.56. The Morgan fingerprint density at radius 1 is 1.12 bits per heavy atom. The summed E-state index contributed by atoms with van der Waals surface area (Å²) >= 11 is 0. The SMILES string of the molecule is CCCNCc1occc1-c1ccccc1C. The highest BCUT2D eigenvalue weighted by molar-refractivity contribution is 5.68. The summed E-state index contributed by atoms with van der Waals surface area (Å²) in [5.41, 5.74) is 3.74. The topological polar surface area (TPSA) is 25.2 Å². The largest absolute Gasteiger partial charge is 0.467 e. The Hall–Kier alpha value is -1.54. The average molecular weight is 229 g/mol. The van der Waals surface area contributed by atoms with Gasteiger partial charge in [-0.3, -0.25) is 0 Å². The molecule has 0 saturated heterocycles. The van der Waals surface area contributed by atoms with E-state index in [-0.39, 0.29) is 0 Å². The molecule has 0 spiro atoms. The van der Waals surface area contributed by atoms with Crippen LogP contribution < -0.4 is 5.32 Å². The van der Waals surface area contributed by atoms with Gasteiger partial charge in [-0.05, 0) is 37.1 Å². The van der Waals surface area contributed by atoms with Crippen molar-refractivity contribution in [1.82, 2.24) is 5.32 Å². The van der Waals surface area contributed by atoms with Crippen molar-refractivity contribution in [1.29, 1.82) is 0 Å². The van der Waals surface area contributed by atoms with E-state index >= 15 is 0 Å². The Bertz CT molecular complexity index is 473. The van der Waals surface area contributed by atoms with Crippen molar-refractivity contribution in [3.63, 3.8) is 0 Å². The molecule has 2 aromatic rings. The van der Waals surface area contributed by atoms with Crippen LogP contribution in [-0.2, 0) is 6.54 Å². The first-order valence-corrected chi connectivity index (χ1v) is 6.16. The molecule has 0 atom stereocenters. The van der Waals surface area contributed by atoms with Crippen LogP contribution in [0.5, 0.6) is 0 Å². The molecular formula is C15H19NO. The van der Waals surface area contributed by atoms with Gasteiger partial charge in [0.05, 0.1) is 12.8 Å². The quantitative estimate of drug-likeness (QED) is 0.790. The van der Waals surface area contributed by atoms with Gasteiger partial charge in [-0.15, -0.1) is 0 Å². The Kier molecular flexibility index (Phi) is 3.99. The van der Waals surface area contributed by atoms with Crippen molar-refractivity contribution in [2.24, 2.45) is 0 Å². The molecule has 2 heteroatoms. The Labute approximate surface area is 103 Å². The molecule has 1 N–H and O–H groups in total. The molecule has 0 saturated carbocycles. The van der Waals surface area contributed by atoms with Crippen molar-refractivity contribution in [2.75, 3.05) is 6.54 Å². The summed E-state index contributed by atoms with van der Waals surface area (Å²) in [6, 6.07) is 10.5. The molecule has 0 fully saturated rings. The molecule has 0 aliphatic rings. The van der Waals surface area contributed by atoms with E-state index in [1.165, 1.54) is 16.7 Å². The van der Waals surface area contributed by atoms with E-state index in [2.05, 4.69) is 43.4 Å². The van der Waals surface area contributed by atoms with Crippen molar-refractivity contribution >= 4 is 0 Å². The molecule has 0 aliphatic carbocycles. The van der Waals surface area contributed by atoms with Crippen molar-refractivity contribution < 1.29 is 4.42 Å². The number of hydrogen-bond acceptors (Lipinski definition) is 2. The molecule has 1 aromatic heterocycles. The maximum absolute atomic E-state index is 5.56. The predicted molar refractivity (Wildman–Crippen MR) is 70.9 cm³/mol. The highest BCUT2D eigenvalue weighted by atomic mass is 16.3. The first kappa shape index (κ1) is 11.9. The number of benzene rings is 1. The fourth-order valence-electron chi connectivity index (χ4n) is 1.97. The Morgan fingerprint density at radius 3 is 2.71 bits per heavy atom. The van der Waals surface area contributed by atoms with Gasteiger partial charge in [0.1, 0.15) is 5.76 Å². The number of rotatable bonds is 5. The van der Waals surface area contributed by atoms with Crippen molar-refractivity contribution in [2.45, 2.75) is 26.8 Å². The van der Waals surface area contributed by atoms with Crippen molar-refractivity contribution in [3.05, 3.63) is 47.9 Å². The molecule has 2 rings (SSSR count). The zero-order valence-corrected chi connectivity index (χ0v) is 10.5. The van der Waals surface area contributed by atoms with Crippen LogP contribution in [0.15, 0.2) is 41.0 Å². The summed E-state index contributed by atoms with van der Waals surface area (Å²) in [5, 5.41) is 3.37. The second-order valence-electron chi connectivity index (χ2n) is 4.25. The van der Waals surface area contributed by atoms with E-state index in [0.717, 1.165) is 25.3 Å². The zero-order valence-electron chi connectivity index (χ0n) is 10.5. The lowest BCUT2D eigenvalue weighted by Gasteiger charge is -2.06. The summed E-state index contributed by atoms with van der Waals surface area (Å²) in [5.74, 6) is 1.02. The number of nitrogens with one attached hydrogen (secondary N) is 1. The second kappa shape index (κ2) is 5.69. The lowest BCUT2D eigenvalue weighted by atomic mass is 10.0. The van der Waals surface area contributed by atoms with Crippen LogP contribution >= 0.6 is 0 Å². The minimum absolute atomic E-state index is 0.796. The molecule has 0 unspecified atom stereocenters. The van der Waals surface area contributed by atoms with E-state index < -0.39 is 0 Å². The van der Waals surface area contributed by atoms with Crippen LogP contribution in [0.2, 0.25) is 0 Å². The Morgan fingerprint density at radius 2 is 1.94 bits per heavy atom. The van der Waals surface area contributed by atoms with Gasteiger partial charge in [0.25, 0.3) is 0 Å². The van der Waals surface area contributed by atoms with Crippen LogP contribution in [0.25, 0.3) is 11.1 Å². The van der Waals surface area contributed by atoms with Gasteiger partial charge in [-0.25, -0.2) is 0 Å². The molecule has 17 heavy (non-hydrogen) atoms. The first-order chi connectivity index (χ1) is 8.33. The lowest BCUT2D eigenvalue weighted by molar-refractivity contribution is 0.484. The molecule has 2 nitrogen and oxygen atoms in total. The van der Waals surface area contributed by atoms with Gasteiger partial charge < -0.3 is 9.73 Å². The third-order valence-corrected chi connectivity index (χ3v) is 2.89. The van der Waals surface area contributed by atoms with Gasteiger partial charge in [0.15, 0.2) is 0 Å². The summed E-state index contributed by atoms with van der Waals surface area (Å²) in [6.45, 7) is 6.11. The van der Waals surface area contributed by atoms with Crippen LogP contribution in [0.3, 0.4) is 0 Å². The summed E-state index contributed by atoms with van der Waals surface area (Å²) < 4.78 is 5.56. The monoisotopic (exact) mass is 229 g/mol. The third-order valence-electron chi connectivity index (χ3n) is 2.89. The minimum atomic E-state index is 0.796. The predicted octanol–water partition coefficient (Wildman–Crippen LogP) is 3.75. The molecule has 0 radical (unpaired) electrons. The van der Waals surface area contributed by atoms with Gasteiger partial charge >= 0.3 is 0 Å². The smallest absolute Gasteiger partial charge is 0.125 e. The molecule has 0 amide bonds. The number of aryl methyl sites for hydroxylation is 1. The molecule has 90 valence electrons. The summed E-state index contributed by atoms with van der Waals surface area (Å²) in [6.07, 6.45) is 2.91. The number of furan rings is 1. The fraction of sp³-hybridized carbons (Fsp3) is 0.333. The highest BCUT2D eigenvalue weighted by Gasteiger charge is 2.09. The third kappa shape index (κ3) is 2.77. The summed E-state index contributed by atoms with van der Waals surface area (Å²) in [7, 11) is 0. The normalized spacial score (nSPS) is 10.7. The standard InChI is InChI=1S/C15H19NO/c1-3-9-16-11-15-14(8-10-17-15)13-7-5-4-6-12(13)2/h4-8,10,16H,3,9,11H2,1-2H3. The van der Waals surface area contributed by atoms with Gasteiger partial charge in [0.2, 0.25) is 0 Å². The van der Waals surface area contributed by atoms with Crippen molar-refractivity contribution in [3.8, 4) is 11.1 Å². The van der Waals surface area contributed by atoms with Crippen LogP contribution in [0.1, 0.15) is 24.7 Å². The number of hydrogen-bond donors (Lipinski definition) is 1. The van der Waals surface area contributed by atoms with Crippen LogP contribution in [0.4, 0.5) is 0 Å². The minimum Gasteiger partial charge on any atom is -0.467 e. The lowest BCUT2D eigenvalue weighted by Crippen LogP contribution is -2.13. The van der Waals surface area contributed by atoms with Gasteiger partial charge in [-0.2, -0.15) is 0 Å². The second-order valence-corrected chi connectivity index (χ2v) is 4.25. The molecule has 0 bridgehead atoms. The fourth-order valence-corrected chi connectivity index (χ4v) is 1.97. The Balaban J connectivity index is 2.22. The zero-order chi connectivity index (χ0) is 12.1. The average Bonchev–Trinajstić information content (AvgIpc) is 2.78. The summed E-state index contributed by atoms with van der Waals surface area (Å²) in [4.78, 5) is 0. The van der Waals surface area contributed by atoms with E-state index in [1.54, 1.807) is 6.26 Å². The van der Waals surface area contributed by atoms with E-state index in [4.69, 9.17) is 4.42 Å². The first-order valence-electron chi connectivity index (χ1n) is 6.16. The van der Waals surface area contributed by atoms with Gasteiger partial charge in [-0.1, -0.05) is 31.2 Å². The van der Waals surface area contributed by atoms with Gasteiger partial charge in [0, 0.05) is 5.56 Å². The van der Waals surface area contributed by atoms with Crippen LogP contribution in [0, 0.1) is 6.92 Å². The maximum Gasteiger partial charge on any atom is 0.125 e. The van der Waals surface area contributed by atoms with E-state index in [9.17, 15) is 0 Å².